The first kappa shape index (κ1) is 15.7. The minimum Gasteiger partial charge on any atom is -0.350 e. The summed E-state index contributed by atoms with van der Waals surface area (Å²) in [5.41, 5.74) is 2.46. The molecule has 2 heteroatoms. The molecule has 0 heterocycles. The second-order valence-corrected chi connectivity index (χ2v) is 5.10. The van der Waals surface area contributed by atoms with Crippen molar-refractivity contribution in [3.63, 3.8) is 0 Å². The maximum absolute atomic E-state index is 6.06. The van der Waals surface area contributed by atoms with Gasteiger partial charge in [0.1, 0.15) is 0 Å². The van der Waals surface area contributed by atoms with Crippen LogP contribution in [0.2, 0.25) is 0 Å². The van der Waals surface area contributed by atoms with Gasteiger partial charge in [-0.1, -0.05) is 60.7 Å². The minimum absolute atomic E-state index is 0.591. The molecule has 21 heavy (non-hydrogen) atoms. The third-order valence-corrected chi connectivity index (χ3v) is 3.45. The van der Waals surface area contributed by atoms with E-state index in [1.165, 1.54) is 11.1 Å². The molecule has 112 valence electrons. The van der Waals surface area contributed by atoms with Gasteiger partial charge in [-0.25, -0.2) is 0 Å². The highest BCUT2D eigenvalue weighted by Crippen LogP contribution is 2.25. The van der Waals surface area contributed by atoms with Gasteiger partial charge in [0, 0.05) is 26.1 Å². The van der Waals surface area contributed by atoms with Gasteiger partial charge in [-0.15, -0.1) is 0 Å². The number of benzene rings is 2. The van der Waals surface area contributed by atoms with E-state index in [1.54, 1.807) is 0 Å². The molecular weight excluding hydrogens is 260 g/mol. The fourth-order valence-corrected chi connectivity index (χ4v) is 2.65. The summed E-state index contributed by atoms with van der Waals surface area (Å²) in [6.07, 6.45) is 1.51. The van der Waals surface area contributed by atoms with Crippen molar-refractivity contribution in [2.24, 2.45) is 0 Å². The predicted octanol–water partition coefficient (Wildman–Crippen LogP) is 4.24. The molecule has 0 radical (unpaired) electrons. The third-order valence-electron chi connectivity index (χ3n) is 3.45. The van der Waals surface area contributed by atoms with Crippen LogP contribution in [0.3, 0.4) is 0 Å². The van der Waals surface area contributed by atoms with Crippen LogP contribution < -0.4 is 0 Å². The van der Waals surface area contributed by atoms with Crippen LogP contribution in [0, 0.1) is 0 Å². The average Bonchev–Trinajstić information content (AvgIpc) is 2.50. The molecule has 0 fully saturated rings. The monoisotopic (exact) mass is 284 g/mol. The third kappa shape index (κ3) is 4.69. The van der Waals surface area contributed by atoms with Crippen LogP contribution in [0.15, 0.2) is 60.7 Å². The Morgan fingerprint density at radius 2 is 1.05 bits per heavy atom. The Balaban J connectivity index is 2.23. The van der Waals surface area contributed by atoms with Crippen molar-refractivity contribution in [1.29, 1.82) is 0 Å². The summed E-state index contributed by atoms with van der Waals surface area (Å²) in [5, 5.41) is 0. The highest BCUT2D eigenvalue weighted by molar-refractivity contribution is 5.20. The number of hydrogen-bond donors (Lipinski definition) is 0. The fourth-order valence-electron chi connectivity index (χ4n) is 2.65. The summed E-state index contributed by atoms with van der Waals surface area (Å²) >= 11 is 0. The van der Waals surface area contributed by atoms with E-state index in [2.05, 4.69) is 48.5 Å². The molecule has 0 bridgehead atoms. The van der Waals surface area contributed by atoms with Crippen LogP contribution in [0.25, 0.3) is 0 Å². The van der Waals surface area contributed by atoms with Gasteiger partial charge in [-0.2, -0.15) is 0 Å². The molecule has 2 aromatic carbocycles. The topological polar surface area (TPSA) is 18.5 Å². The maximum Gasteiger partial charge on any atom is 0.176 e. The first-order valence-electron chi connectivity index (χ1n) is 7.64. The first-order valence-corrected chi connectivity index (χ1v) is 7.64. The van der Waals surface area contributed by atoms with Gasteiger partial charge in [0.25, 0.3) is 0 Å². The van der Waals surface area contributed by atoms with Gasteiger partial charge in [0.05, 0.1) is 0 Å². The van der Waals surface area contributed by atoms with E-state index in [-0.39, 0.29) is 0 Å². The summed E-state index contributed by atoms with van der Waals surface area (Å²) in [4.78, 5) is 0. The SMILES string of the molecule is CCOC(Cc1ccccc1)(Cc1ccccc1)OCC. The molecule has 0 aliphatic rings. The molecule has 0 unspecified atom stereocenters. The molecule has 0 spiro atoms. The largest absolute Gasteiger partial charge is 0.350 e. The lowest BCUT2D eigenvalue weighted by atomic mass is 9.97. The number of hydrogen-bond acceptors (Lipinski definition) is 2. The van der Waals surface area contributed by atoms with E-state index in [0.717, 1.165) is 12.8 Å². The normalized spacial score (nSPS) is 11.5. The number of ether oxygens (including phenoxy) is 2. The molecule has 2 aromatic rings. The Hall–Kier alpha value is -1.64. The Morgan fingerprint density at radius 1 is 0.667 bits per heavy atom. The molecular formula is C19H24O2. The Morgan fingerprint density at radius 3 is 1.38 bits per heavy atom. The summed E-state index contributed by atoms with van der Waals surface area (Å²) in [6.45, 7) is 5.31. The van der Waals surface area contributed by atoms with Crippen molar-refractivity contribution in [1.82, 2.24) is 0 Å². The quantitative estimate of drug-likeness (QED) is 0.675. The summed E-state index contributed by atoms with van der Waals surface area (Å²) in [5.74, 6) is -0.591. The van der Waals surface area contributed by atoms with Crippen molar-refractivity contribution in [2.75, 3.05) is 13.2 Å². The summed E-state index contributed by atoms with van der Waals surface area (Å²) < 4.78 is 12.1. The van der Waals surface area contributed by atoms with Crippen molar-refractivity contribution >= 4 is 0 Å². The maximum atomic E-state index is 6.06. The highest BCUT2D eigenvalue weighted by Gasteiger charge is 2.32. The van der Waals surface area contributed by atoms with Crippen LogP contribution in [-0.2, 0) is 22.3 Å². The second kappa shape index (κ2) is 7.96. The fraction of sp³-hybridized carbons (Fsp3) is 0.368. The Kier molecular flexibility index (Phi) is 5.97. The van der Waals surface area contributed by atoms with E-state index in [1.807, 2.05) is 26.0 Å². The Labute approximate surface area is 127 Å². The van der Waals surface area contributed by atoms with E-state index in [0.29, 0.717) is 13.2 Å². The standard InChI is InChI=1S/C19H24O2/c1-3-20-19(21-4-2,15-17-11-7-5-8-12-17)16-18-13-9-6-10-14-18/h5-14H,3-4,15-16H2,1-2H3. The zero-order valence-corrected chi connectivity index (χ0v) is 12.9. The Bertz CT molecular complexity index is 458. The molecule has 2 nitrogen and oxygen atoms in total. The smallest absolute Gasteiger partial charge is 0.176 e. The van der Waals surface area contributed by atoms with Crippen LogP contribution in [0.1, 0.15) is 25.0 Å². The number of rotatable bonds is 8. The molecule has 0 aliphatic heterocycles. The van der Waals surface area contributed by atoms with Crippen LogP contribution in [0.5, 0.6) is 0 Å². The highest BCUT2D eigenvalue weighted by atomic mass is 16.7. The lowest BCUT2D eigenvalue weighted by molar-refractivity contribution is -0.231. The van der Waals surface area contributed by atoms with Crippen molar-refractivity contribution in [3.8, 4) is 0 Å². The molecule has 0 aliphatic carbocycles. The van der Waals surface area contributed by atoms with Crippen LogP contribution in [0.4, 0.5) is 0 Å². The summed E-state index contributed by atoms with van der Waals surface area (Å²) in [6, 6.07) is 20.8. The zero-order valence-electron chi connectivity index (χ0n) is 12.9. The van der Waals surface area contributed by atoms with Crippen LogP contribution >= 0.6 is 0 Å². The van der Waals surface area contributed by atoms with Gasteiger partial charge in [-0.3, -0.25) is 0 Å². The molecule has 0 amide bonds. The second-order valence-electron chi connectivity index (χ2n) is 5.10. The predicted molar refractivity (Wildman–Crippen MR) is 86.3 cm³/mol. The lowest BCUT2D eigenvalue weighted by Gasteiger charge is -2.33. The van der Waals surface area contributed by atoms with Crippen molar-refractivity contribution in [2.45, 2.75) is 32.5 Å². The van der Waals surface area contributed by atoms with E-state index in [9.17, 15) is 0 Å². The molecule has 0 N–H and O–H groups in total. The average molecular weight is 284 g/mol. The molecule has 0 aromatic heterocycles. The minimum atomic E-state index is -0.591. The van der Waals surface area contributed by atoms with Crippen molar-refractivity contribution < 1.29 is 9.47 Å². The molecule has 0 atom stereocenters. The van der Waals surface area contributed by atoms with Gasteiger partial charge in [0.2, 0.25) is 0 Å². The molecule has 0 saturated carbocycles. The van der Waals surface area contributed by atoms with Gasteiger partial charge >= 0.3 is 0 Å². The lowest BCUT2D eigenvalue weighted by Crippen LogP contribution is -2.41. The van der Waals surface area contributed by atoms with Gasteiger partial charge in [0.15, 0.2) is 5.79 Å². The van der Waals surface area contributed by atoms with E-state index < -0.39 is 5.79 Å². The zero-order chi connectivity index (χ0) is 15.0. The van der Waals surface area contributed by atoms with Crippen LogP contribution in [-0.4, -0.2) is 19.0 Å². The van der Waals surface area contributed by atoms with E-state index >= 15 is 0 Å². The van der Waals surface area contributed by atoms with E-state index in [4.69, 9.17) is 9.47 Å². The van der Waals surface area contributed by atoms with Crippen molar-refractivity contribution in [3.05, 3.63) is 71.8 Å². The summed E-state index contributed by atoms with van der Waals surface area (Å²) in [7, 11) is 0. The van der Waals surface area contributed by atoms with Gasteiger partial charge < -0.3 is 9.47 Å². The molecule has 2 rings (SSSR count). The molecule has 0 saturated heterocycles. The van der Waals surface area contributed by atoms with Gasteiger partial charge in [-0.05, 0) is 25.0 Å². The first-order chi connectivity index (χ1) is 10.3.